The molecule has 0 fully saturated rings. The lowest BCUT2D eigenvalue weighted by Crippen LogP contribution is -2.06. The van der Waals surface area contributed by atoms with Gasteiger partial charge in [-0.2, -0.15) is 5.26 Å². The number of halogens is 1. The zero-order valence-electron chi connectivity index (χ0n) is 8.51. The highest BCUT2D eigenvalue weighted by Crippen LogP contribution is 2.28. The second-order valence-corrected chi connectivity index (χ2v) is 3.44. The van der Waals surface area contributed by atoms with E-state index in [0.717, 1.165) is 0 Å². The summed E-state index contributed by atoms with van der Waals surface area (Å²) in [6, 6.07) is 4.29. The van der Waals surface area contributed by atoms with Crippen molar-refractivity contribution in [2.75, 3.05) is 0 Å². The second kappa shape index (κ2) is 5.27. The average molecular weight is 255 g/mol. The van der Waals surface area contributed by atoms with Gasteiger partial charge in [0.15, 0.2) is 0 Å². The van der Waals surface area contributed by atoms with Gasteiger partial charge in [0, 0.05) is 5.56 Å². The van der Waals surface area contributed by atoms with Crippen LogP contribution in [0.25, 0.3) is 0 Å². The van der Waals surface area contributed by atoms with E-state index in [2.05, 4.69) is 0 Å². The molecule has 0 heterocycles. The lowest BCUT2D eigenvalue weighted by atomic mass is 10.0. The number of nitrogens with zero attached hydrogens (tertiary/aromatic N) is 2. The SMILES string of the molecule is N#Cc1ccc(CC(=O)O)c(CCl)c1[N+](=O)[O-]. The molecular weight excluding hydrogens is 248 g/mol. The number of alkyl halides is 1. The average Bonchev–Trinajstić information content (AvgIpc) is 2.27. The van der Waals surface area contributed by atoms with Gasteiger partial charge in [0.2, 0.25) is 0 Å². The van der Waals surface area contributed by atoms with Crippen LogP contribution in [0.3, 0.4) is 0 Å². The molecule has 6 nitrogen and oxygen atoms in total. The predicted octanol–water partition coefficient (Wildman–Crippen LogP) is 1.83. The summed E-state index contributed by atoms with van der Waals surface area (Å²) in [6.07, 6.45) is -0.366. The zero-order chi connectivity index (χ0) is 13.0. The van der Waals surface area contributed by atoms with Gasteiger partial charge in [-0.25, -0.2) is 0 Å². The summed E-state index contributed by atoms with van der Waals surface area (Å²) < 4.78 is 0. The number of carbonyl (C=O) groups is 1. The Hall–Kier alpha value is -2.13. The molecule has 1 N–H and O–H groups in total. The lowest BCUT2D eigenvalue weighted by Gasteiger charge is -2.06. The van der Waals surface area contributed by atoms with Gasteiger partial charge in [-0.3, -0.25) is 14.9 Å². The Morgan fingerprint density at radius 2 is 2.24 bits per heavy atom. The maximum atomic E-state index is 10.8. The topological polar surface area (TPSA) is 104 Å². The van der Waals surface area contributed by atoms with E-state index in [-0.39, 0.29) is 29.0 Å². The molecule has 1 aromatic rings. The molecule has 7 heteroatoms. The van der Waals surface area contributed by atoms with Gasteiger partial charge in [0.05, 0.1) is 17.2 Å². The van der Waals surface area contributed by atoms with Gasteiger partial charge in [-0.05, 0) is 11.6 Å². The summed E-state index contributed by atoms with van der Waals surface area (Å²) in [6.45, 7) is 0. The number of hydrogen-bond donors (Lipinski definition) is 1. The highest BCUT2D eigenvalue weighted by Gasteiger charge is 2.23. The Morgan fingerprint density at radius 3 is 2.65 bits per heavy atom. The van der Waals surface area contributed by atoms with Crippen LogP contribution in [-0.4, -0.2) is 16.0 Å². The van der Waals surface area contributed by atoms with Crippen molar-refractivity contribution in [3.8, 4) is 6.07 Å². The van der Waals surface area contributed by atoms with Crippen molar-refractivity contribution in [1.29, 1.82) is 5.26 Å². The van der Waals surface area contributed by atoms with Crippen molar-refractivity contribution < 1.29 is 14.8 Å². The fourth-order valence-corrected chi connectivity index (χ4v) is 1.75. The summed E-state index contributed by atoms with van der Waals surface area (Å²) >= 11 is 5.59. The van der Waals surface area contributed by atoms with Crippen LogP contribution < -0.4 is 0 Å². The Bertz CT molecular complexity index is 522. The molecule has 0 atom stereocenters. The summed E-state index contributed by atoms with van der Waals surface area (Å²) in [5.41, 5.74) is -0.211. The summed E-state index contributed by atoms with van der Waals surface area (Å²) in [5, 5.41) is 28.3. The molecule has 0 unspecified atom stereocenters. The molecule has 0 aliphatic rings. The van der Waals surface area contributed by atoms with Crippen LogP contribution in [0.1, 0.15) is 16.7 Å². The van der Waals surface area contributed by atoms with E-state index in [1.54, 1.807) is 6.07 Å². The fraction of sp³-hybridized carbons (Fsp3) is 0.200. The number of benzene rings is 1. The maximum Gasteiger partial charge on any atom is 0.307 e. The Balaban J connectivity index is 3.47. The van der Waals surface area contributed by atoms with E-state index in [4.69, 9.17) is 22.0 Å². The van der Waals surface area contributed by atoms with Crippen LogP contribution >= 0.6 is 11.6 Å². The minimum Gasteiger partial charge on any atom is -0.481 e. The number of nitro groups is 1. The standard InChI is InChI=1S/C10H7ClN2O4/c11-4-8-6(3-9(14)15)1-2-7(5-12)10(8)13(16)17/h1-2H,3-4H2,(H,14,15). The normalized spacial score (nSPS) is 9.65. The van der Waals surface area contributed by atoms with E-state index in [1.807, 2.05) is 0 Å². The smallest absolute Gasteiger partial charge is 0.307 e. The molecule has 0 saturated carbocycles. The van der Waals surface area contributed by atoms with Crippen LogP contribution in [0.5, 0.6) is 0 Å². The van der Waals surface area contributed by atoms with Crippen LogP contribution in [0.2, 0.25) is 0 Å². The number of aliphatic carboxylic acids is 1. The van der Waals surface area contributed by atoms with Gasteiger partial charge < -0.3 is 5.11 Å². The van der Waals surface area contributed by atoms with Crippen molar-refractivity contribution in [3.05, 3.63) is 38.9 Å². The third-order valence-corrected chi connectivity index (χ3v) is 2.43. The number of hydrogen-bond acceptors (Lipinski definition) is 4. The fourth-order valence-electron chi connectivity index (χ4n) is 1.45. The highest BCUT2D eigenvalue weighted by atomic mass is 35.5. The van der Waals surface area contributed by atoms with Crippen LogP contribution in [0, 0.1) is 21.4 Å². The molecule has 0 saturated heterocycles. The van der Waals surface area contributed by atoms with E-state index < -0.39 is 16.6 Å². The number of rotatable bonds is 4. The first kappa shape index (κ1) is 12.9. The maximum absolute atomic E-state index is 10.8. The largest absolute Gasteiger partial charge is 0.481 e. The molecule has 0 aliphatic carbocycles. The third kappa shape index (κ3) is 2.71. The van der Waals surface area contributed by atoms with E-state index in [1.165, 1.54) is 12.1 Å². The van der Waals surface area contributed by atoms with Crippen molar-refractivity contribution >= 4 is 23.3 Å². The lowest BCUT2D eigenvalue weighted by molar-refractivity contribution is -0.385. The predicted molar refractivity (Wildman–Crippen MR) is 58.7 cm³/mol. The van der Waals surface area contributed by atoms with Crippen molar-refractivity contribution in [2.45, 2.75) is 12.3 Å². The molecule has 0 radical (unpaired) electrons. The van der Waals surface area contributed by atoms with Gasteiger partial charge in [-0.15, -0.1) is 11.6 Å². The van der Waals surface area contributed by atoms with Crippen LogP contribution in [0.4, 0.5) is 5.69 Å². The first-order chi connectivity index (χ1) is 8.01. The minimum absolute atomic E-state index is 0.0816. The van der Waals surface area contributed by atoms with E-state index >= 15 is 0 Å². The zero-order valence-corrected chi connectivity index (χ0v) is 9.27. The summed E-state index contributed by atoms with van der Waals surface area (Å²) in [4.78, 5) is 20.7. The van der Waals surface area contributed by atoms with Crippen molar-refractivity contribution in [2.24, 2.45) is 0 Å². The molecule has 0 spiro atoms. The molecule has 1 aromatic carbocycles. The second-order valence-electron chi connectivity index (χ2n) is 3.17. The van der Waals surface area contributed by atoms with Gasteiger partial charge >= 0.3 is 5.97 Å². The monoisotopic (exact) mass is 254 g/mol. The Morgan fingerprint density at radius 1 is 1.59 bits per heavy atom. The molecule has 0 aliphatic heterocycles. The van der Waals surface area contributed by atoms with Crippen LogP contribution in [-0.2, 0) is 17.1 Å². The first-order valence-electron chi connectivity index (χ1n) is 4.48. The van der Waals surface area contributed by atoms with Crippen LogP contribution in [0.15, 0.2) is 12.1 Å². The van der Waals surface area contributed by atoms with Gasteiger partial charge in [-0.1, -0.05) is 6.07 Å². The number of nitriles is 1. The first-order valence-corrected chi connectivity index (χ1v) is 5.01. The quantitative estimate of drug-likeness (QED) is 0.501. The third-order valence-electron chi connectivity index (χ3n) is 2.16. The van der Waals surface area contributed by atoms with Crippen molar-refractivity contribution in [1.82, 2.24) is 0 Å². The van der Waals surface area contributed by atoms with E-state index in [0.29, 0.717) is 0 Å². The summed E-state index contributed by atoms with van der Waals surface area (Å²) in [7, 11) is 0. The van der Waals surface area contributed by atoms with Gasteiger partial charge in [0.1, 0.15) is 11.6 Å². The Kier molecular flexibility index (Phi) is 4.01. The minimum atomic E-state index is -1.12. The van der Waals surface area contributed by atoms with Gasteiger partial charge in [0.25, 0.3) is 5.69 Å². The van der Waals surface area contributed by atoms with Crippen molar-refractivity contribution in [3.63, 3.8) is 0 Å². The summed E-state index contributed by atoms with van der Waals surface area (Å²) in [5.74, 6) is -1.33. The molecule has 0 amide bonds. The van der Waals surface area contributed by atoms with E-state index in [9.17, 15) is 14.9 Å². The molecule has 0 bridgehead atoms. The highest BCUT2D eigenvalue weighted by molar-refractivity contribution is 6.17. The molecule has 88 valence electrons. The number of nitro benzene ring substituents is 1. The molecule has 17 heavy (non-hydrogen) atoms. The molecular formula is C10H7ClN2O4. The number of carboxylic acid groups (broad SMARTS) is 1. The number of carboxylic acids is 1. The molecule has 0 aromatic heterocycles. The Labute approximate surface area is 101 Å². The molecule has 1 rings (SSSR count).